The minimum Gasteiger partial charge on any atom is -0.495 e. The summed E-state index contributed by atoms with van der Waals surface area (Å²) in [6, 6.07) is 1.99. The molecule has 2 atom stereocenters. The lowest BCUT2D eigenvalue weighted by Gasteiger charge is -2.44. The van der Waals surface area contributed by atoms with Gasteiger partial charge in [-0.3, -0.25) is 15.0 Å². The number of methoxy groups -OCH3 is 1. The van der Waals surface area contributed by atoms with E-state index in [0.717, 1.165) is 30.7 Å². The van der Waals surface area contributed by atoms with E-state index in [4.69, 9.17) is 4.74 Å². The van der Waals surface area contributed by atoms with Gasteiger partial charge in [0.15, 0.2) is 5.78 Å². The SMILES string of the molecule is COc1cc2n(c1)C1NCCC(=O)C1N(CCBr)C2. The summed E-state index contributed by atoms with van der Waals surface area (Å²) in [4.78, 5) is 14.5. The maximum Gasteiger partial charge on any atom is 0.154 e. The second-order valence-corrected chi connectivity index (χ2v) is 5.79. The Hall–Kier alpha value is -0.850. The van der Waals surface area contributed by atoms with E-state index >= 15 is 0 Å². The number of piperidine rings is 1. The molecule has 2 unspecified atom stereocenters. The number of Topliss-reactive ketones (excluding diaryl/α,β-unsaturated/α-hetero) is 1. The highest BCUT2D eigenvalue weighted by Gasteiger charge is 2.41. The van der Waals surface area contributed by atoms with E-state index in [1.807, 2.05) is 6.20 Å². The number of halogens is 1. The van der Waals surface area contributed by atoms with E-state index in [2.05, 4.69) is 36.8 Å². The lowest BCUT2D eigenvalue weighted by molar-refractivity contribution is -0.130. The highest BCUT2D eigenvalue weighted by molar-refractivity contribution is 9.09. The summed E-state index contributed by atoms with van der Waals surface area (Å²) in [6.07, 6.45) is 2.64. The van der Waals surface area contributed by atoms with Gasteiger partial charge < -0.3 is 9.30 Å². The first kappa shape index (κ1) is 13.1. The Morgan fingerprint density at radius 2 is 2.42 bits per heavy atom. The number of fused-ring (bicyclic) bond motifs is 3. The van der Waals surface area contributed by atoms with E-state index in [1.54, 1.807) is 7.11 Å². The molecule has 2 aliphatic heterocycles. The zero-order chi connectivity index (χ0) is 13.4. The van der Waals surface area contributed by atoms with Crippen LogP contribution in [0.25, 0.3) is 0 Å². The van der Waals surface area contributed by atoms with Gasteiger partial charge in [0.2, 0.25) is 0 Å². The summed E-state index contributed by atoms with van der Waals surface area (Å²) in [5.74, 6) is 1.19. The van der Waals surface area contributed by atoms with Crippen LogP contribution in [0.4, 0.5) is 0 Å². The van der Waals surface area contributed by atoms with Crippen molar-refractivity contribution in [2.75, 3.05) is 25.5 Å². The maximum absolute atomic E-state index is 12.3. The summed E-state index contributed by atoms with van der Waals surface area (Å²) in [6.45, 7) is 2.42. The van der Waals surface area contributed by atoms with Crippen molar-refractivity contribution in [1.82, 2.24) is 14.8 Å². The van der Waals surface area contributed by atoms with Crippen molar-refractivity contribution in [1.29, 1.82) is 0 Å². The van der Waals surface area contributed by atoms with Crippen molar-refractivity contribution in [3.63, 3.8) is 0 Å². The van der Waals surface area contributed by atoms with Crippen molar-refractivity contribution in [2.45, 2.75) is 25.2 Å². The number of rotatable bonds is 3. The van der Waals surface area contributed by atoms with Crippen LogP contribution in [0.2, 0.25) is 0 Å². The Morgan fingerprint density at radius 3 is 3.16 bits per heavy atom. The number of aromatic nitrogens is 1. The van der Waals surface area contributed by atoms with Gasteiger partial charge in [-0.1, -0.05) is 15.9 Å². The predicted molar refractivity (Wildman–Crippen MR) is 75.6 cm³/mol. The maximum atomic E-state index is 12.3. The number of hydrogen-bond donors (Lipinski definition) is 1. The van der Waals surface area contributed by atoms with Crippen molar-refractivity contribution in [3.05, 3.63) is 18.0 Å². The predicted octanol–water partition coefficient (Wildman–Crippen LogP) is 1.14. The number of hydrogen-bond acceptors (Lipinski definition) is 4. The van der Waals surface area contributed by atoms with Gasteiger partial charge in [-0.25, -0.2) is 0 Å². The molecule has 6 heteroatoms. The molecule has 1 aromatic heterocycles. The van der Waals surface area contributed by atoms with E-state index in [-0.39, 0.29) is 12.2 Å². The third-order valence-corrected chi connectivity index (χ3v) is 4.28. The number of carbonyl (C=O) groups is 1. The van der Waals surface area contributed by atoms with Gasteiger partial charge in [0, 0.05) is 49.3 Å². The quantitative estimate of drug-likeness (QED) is 0.846. The molecule has 0 aromatic carbocycles. The number of ketones is 1. The summed E-state index contributed by atoms with van der Waals surface area (Å²) in [5, 5.41) is 4.34. The molecule has 1 fully saturated rings. The average Bonchev–Trinajstić information content (AvgIpc) is 2.82. The molecule has 1 aromatic rings. The second kappa shape index (κ2) is 5.26. The van der Waals surface area contributed by atoms with Crippen LogP contribution in [-0.4, -0.2) is 46.8 Å². The lowest BCUT2D eigenvalue weighted by atomic mass is 9.98. The molecule has 0 bridgehead atoms. The first-order chi connectivity index (χ1) is 9.24. The van der Waals surface area contributed by atoms with Gasteiger partial charge in [-0.15, -0.1) is 0 Å². The molecule has 3 heterocycles. The largest absolute Gasteiger partial charge is 0.495 e. The van der Waals surface area contributed by atoms with Crippen LogP contribution in [0.3, 0.4) is 0 Å². The Morgan fingerprint density at radius 1 is 1.58 bits per heavy atom. The Bertz CT molecular complexity index is 488. The van der Waals surface area contributed by atoms with Crippen LogP contribution < -0.4 is 10.1 Å². The van der Waals surface area contributed by atoms with Gasteiger partial charge in [0.1, 0.15) is 18.0 Å². The molecule has 19 heavy (non-hydrogen) atoms. The van der Waals surface area contributed by atoms with Crippen LogP contribution in [0.15, 0.2) is 12.3 Å². The molecule has 1 saturated heterocycles. The topological polar surface area (TPSA) is 46.5 Å². The molecule has 5 nitrogen and oxygen atoms in total. The number of alkyl halides is 1. The van der Waals surface area contributed by atoms with Gasteiger partial charge >= 0.3 is 0 Å². The van der Waals surface area contributed by atoms with Crippen LogP contribution in [-0.2, 0) is 11.3 Å². The zero-order valence-corrected chi connectivity index (χ0v) is 12.5. The Labute approximate surface area is 121 Å². The fourth-order valence-corrected chi connectivity index (χ4v) is 3.52. The lowest BCUT2D eigenvalue weighted by Crippen LogP contribution is -2.58. The number of nitrogens with zero attached hydrogens (tertiary/aromatic N) is 2. The summed E-state index contributed by atoms with van der Waals surface area (Å²) < 4.78 is 7.47. The third kappa shape index (κ3) is 2.22. The van der Waals surface area contributed by atoms with E-state index in [9.17, 15) is 4.79 Å². The van der Waals surface area contributed by atoms with Gasteiger partial charge in [0.05, 0.1) is 7.11 Å². The minimum absolute atomic E-state index is 0.0351. The molecule has 1 N–H and O–H groups in total. The fourth-order valence-electron chi connectivity index (χ4n) is 3.06. The minimum atomic E-state index is -0.0593. The monoisotopic (exact) mass is 327 g/mol. The first-order valence-corrected chi connectivity index (χ1v) is 7.67. The molecule has 3 rings (SSSR count). The Balaban J connectivity index is 1.98. The van der Waals surface area contributed by atoms with Crippen molar-refractivity contribution in [3.8, 4) is 5.75 Å². The van der Waals surface area contributed by atoms with Gasteiger partial charge in [-0.05, 0) is 0 Å². The molecule has 0 amide bonds. The van der Waals surface area contributed by atoms with Crippen molar-refractivity contribution in [2.24, 2.45) is 0 Å². The van der Waals surface area contributed by atoms with Crippen LogP contribution >= 0.6 is 15.9 Å². The standard InChI is InChI=1S/C13H18BrN3O2/c1-19-10-6-9-7-16(5-3-14)12-11(18)2-4-15-13(12)17(9)8-10/h6,8,12-13,15H,2-5,7H2,1H3. The highest BCUT2D eigenvalue weighted by Crippen LogP contribution is 2.32. The van der Waals surface area contributed by atoms with Crippen LogP contribution in [0, 0.1) is 0 Å². The molecule has 104 valence electrons. The van der Waals surface area contributed by atoms with E-state index < -0.39 is 0 Å². The summed E-state index contributed by atoms with van der Waals surface area (Å²) >= 11 is 3.48. The highest BCUT2D eigenvalue weighted by atomic mass is 79.9. The van der Waals surface area contributed by atoms with Crippen LogP contribution in [0.5, 0.6) is 5.75 Å². The molecular weight excluding hydrogens is 310 g/mol. The summed E-state index contributed by atoms with van der Waals surface area (Å²) in [5.41, 5.74) is 1.20. The average molecular weight is 328 g/mol. The zero-order valence-electron chi connectivity index (χ0n) is 10.9. The molecule has 0 radical (unpaired) electrons. The molecule has 0 aliphatic carbocycles. The third-order valence-electron chi connectivity index (χ3n) is 3.93. The Kier molecular flexibility index (Phi) is 3.64. The molecular formula is C13H18BrN3O2. The molecule has 0 spiro atoms. The van der Waals surface area contributed by atoms with Crippen molar-refractivity contribution >= 4 is 21.7 Å². The normalized spacial score (nSPS) is 26.9. The number of nitrogens with one attached hydrogen (secondary N) is 1. The second-order valence-electron chi connectivity index (χ2n) is 5.00. The van der Waals surface area contributed by atoms with Crippen molar-refractivity contribution < 1.29 is 9.53 Å². The van der Waals surface area contributed by atoms with Crippen LogP contribution in [0.1, 0.15) is 18.3 Å². The number of carbonyl (C=O) groups excluding carboxylic acids is 1. The smallest absolute Gasteiger partial charge is 0.154 e. The van der Waals surface area contributed by atoms with E-state index in [0.29, 0.717) is 12.2 Å². The van der Waals surface area contributed by atoms with Gasteiger partial charge in [0.25, 0.3) is 0 Å². The molecule has 2 aliphatic rings. The molecule has 0 saturated carbocycles. The number of ether oxygens (including phenoxy) is 1. The fraction of sp³-hybridized carbons (Fsp3) is 0.615. The van der Waals surface area contributed by atoms with Gasteiger partial charge in [-0.2, -0.15) is 0 Å². The first-order valence-electron chi connectivity index (χ1n) is 6.55. The van der Waals surface area contributed by atoms with E-state index in [1.165, 1.54) is 5.69 Å². The summed E-state index contributed by atoms with van der Waals surface area (Å²) in [7, 11) is 1.68.